The van der Waals surface area contributed by atoms with Gasteiger partial charge >= 0.3 is 0 Å². The van der Waals surface area contributed by atoms with Crippen molar-refractivity contribution in [2.24, 2.45) is 0 Å². The molecule has 2 aromatic carbocycles. The highest BCUT2D eigenvalue weighted by molar-refractivity contribution is 6.30. The predicted molar refractivity (Wildman–Crippen MR) is 89.2 cm³/mol. The lowest BCUT2D eigenvalue weighted by Gasteiger charge is -2.17. The van der Waals surface area contributed by atoms with Crippen LogP contribution < -0.4 is 10.1 Å². The number of halogens is 1. The van der Waals surface area contributed by atoms with Crippen molar-refractivity contribution >= 4 is 17.5 Å². The molecule has 0 fully saturated rings. The summed E-state index contributed by atoms with van der Waals surface area (Å²) in [7, 11) is 0. The summed E-state index contributed by atoms with van der Waals surface area (Å²) in [5.41, 5.74) is 2.27. The lowest BCUT2D eigenvalue weighted by atomic mass is 10.1. The normalized spacial score (nSPS) is 11.8. The molecule has 1 amide bonds. The van der Waals surface area contributed by atoms with Crippen molar-refractivity contribution in [1.82, 2.24) is 5.32 Å². The number of hydrogen-bond acceptors (Lipinski definition) is 2. The molecule has 116 valence electrons. The van der Waals surface area contributed by atoms with E-state index in [9.17, 15) is 4.79 Å². The lowest BCUT2D eigenvalue weighted by molar-refractivity contribution is -0.128. The molecule has 0 aliphatic rings. The van der Waals surface area contributed by atoms with Crippen LogP contribution in [0, 0.1) is 6.92 Å². The number of carbonyl (C=O) groups is 1. The minimum absolute atomic E-state index is 0.110. The molecule has 0 radical (unpaired) electrons. The van der Waals surface area contributed by atoms with Gasteiger partial charge in [-0.3, -0.25) is 4.79 Å². The summed E-state index contributed by atoms with van der Waals surface area (Å²) in [6, 6.07) is 15.0. The Hall–Kier alpha value is -2.00. The van der Waals surface area contributed by atoms with Gasteiger partial charge < -0.3 is 10.1 Å². The summed E-state index contributed by atoms with van der Waals surface area (Å²) in [5.74, 6) is 0.531. The maximum atomic E-state index is 12.3. The second kappa shape index (κ2) is 7.85. The Bertz CT molecular complexity index is 625. The average molecular weight is 318 g/mol. The fraction of sp³-hybridized carbons (Fsp3) is 0.278. The molecule has 22 heavy (non-hydrogen) atoms. The molecular formula is C18H20ClNO2. The van der Waals surface area contributed by atoms with Gasteiger partial charge in [-0.2, -0.15) is 0 Å². The average Bonchev–Trinajstić information content (AvgIpc) is 2.53. The van der Waals surface area contributed by atoms with Gasteiger partial charge in [-0.25, -0.2) is 0 Å². The van der Waals surface area contributed by atoms with Crippen molar-refractivity contribution in [3.63, 3.8) is 0 Å². The van der Waals surface area contributed by atoms with Crippen molar-refractivity contribution < 1.29 is 9.53 Å². The third kappa shape index (κ3) is 4.50. The van der Waals surface area contributed by atoms with E-state index in [2.05, 4.69) is 5.32 Å². The zero-order valence-electron chi connectivity index (χ0n) is 12.8. The molecule has 2 rings (SSSR count). The Morgan fingerprint density at radius 2 is 1.86 bits per heavy atom. The Morgan fingerprint density at radius 3 is 2.50 bits per heavy atom. The summed E-state index contributed by atoms with van der Waals surface area (Å²) < 4.78 is 5.73. The van der Waals surface area contributed by atoms with Crippen molar-refractivity contribution in [3.8, 4) is 5.75 Å². The van der Waals surface area contributed by atoms with Crippen molar-refractivity contribution in [2.75, 3.05) is 0 Å². The van der Waals surface area contributed by atoms with Gasteiger partial charge in [0.2, 0.25) is 0 Å². The van der Waals surface area contributed by atoms with Gasteiger partial charge in [0.1, 0.15) is 5.75 Å². The number of nitrogens with one attached hydrogen (secondary N) is 1. The van der Waals surface area contributed by atoms with E-state index in [4.69, 9.17) is 16.3 Å². The molecule has 0 unspecified atom stereocenters. The first-order valence-corrected chi connectivity index (χ1v) is 7.72. The van der Waals surface area contributed by atoms with Crippen molar-refractivity contribution in [2.45, 2.75) is 32.9 Å². The third-order valence-corrected chi connectivity index (χ3v) is 3.72. The molecule has 1 atom stereocenters. The SMILES string of the molecule is CC[C@@H](Oc1ccc(Cl)cc1)C(=O)NCc1ccccc1C. The fourth-order valence-corrected chi connectivity index (χ4v) is 2.23. The Kier molecular flexibility index (Phi) is 5.84. The van der Waals surface area contributed by atoms with Crippen LogP contribution >= 0.6 is 11.6 Å². The van der Waals surface area contributed by atoms with Gasteiger partial charge in [0, 0.05) is 11.6 Å². The predicted octanol–water partition coefficient (Wildman–Crippen LogP) is 4.12. The molecule has 1 N–H and O–H groups in total. The van der Waals surface area contributed by atoms with Crippen LogP contribution in [-0.2, 0) is 11.3 Å². The van der Waals surface area contributed by atoms with Crippen LogP contribution in [0.2, 0.25) is 5.02 Å². The highest BCUT2D eigenvalue weighted by atomic mass is 35.5. The molecule has 2 aromatic rings. The van der Waals surface area contributed by atoms with Crippen molar-refractivity contribution in [3.05, 3.63) is 64.7 Å². The molecule has 0 aliphatic heterocycles. The van der Waals surface area contributed by atoms with Gasteiger partial charge in [-0.1, -0.05) is 42.8 Å². The molecular weight excluding hydrogens is 298 g/mol. The number of benzene rings is 2. The van der Waals surface area contributed by atoms with E-state index < -0.39 is 6.10 Å². The molecule has 0 spiro atoms. The first-order valence-electron chi connectivity index (χ1n) is 7.34. The highest BCUT2D eigenvalue weighted by Gasteiger charge is 2.18. The van der Waals surface area contributed by atoms with Crippen LogP contribution in [0.1, 0.15) is 24.5 Å². The molecule has 3 nitrogen and oxygen atoms in total. The smallest absolute Gasteiger partial charge is 0.261 e. The Labute approximate surface area is 136 Å². The molecule has 0 heterocycles. The number of aryl methyl sites for hydroxylation is 1. The summed E-state index contributed by atoms with van der Waals surface area (Å²) in [6.07, 6.45) is 0.0904. The largest absolute Gasteiger partial charge is 0.481 e. The monoisotopic (exact) mass is 317 g/mol. The Balaban J connectivity index is 1.94. The van der Waals surface area contributed by atoms with Crippen molar-refractivity contribution in [1.29, 1.82) is 0 Å². The number of rotatable bonds is 6. The topological polar surface area (TPSA) is 38.3 Å². The van der Waals surface area contributed by atoms with E-state index in [1.165, 1.54) is 0 Å². The van der Waals surface area contributed by atoms with E-state index >= 15 is 0 Å². The zero-order valence-corrected chi connectivity index (χ0v) is 13.6. The molecule has 0 bridgehead atoms. The van der Waals surface area contributed by atoms with E-state index in [1.54, 1.807) is 24.3 Å². The summed E-state index contributed by atoms with van der Waals surface area (Å²) in [5, 5.41) is 3.58. The molecule has 0 saturated heterocycles. The zero-order chi connectivity index (χ0) is 15.9. The number of hydrogen-bond donors (Lipinski definition) is 1. The van der Waals surface area contributed by atoms with Gasteiger partial charge in [0.15, 0.2) is 6.10 Å². The van der Waals surface area contributed by atoms with Gasteiger partial charge in [-0.05, 0) is 48.7 Å². The van der Waals surface area contributed by atoms with E-state index in [0.717, 1.165) is 11.1 Å². The quantitative estimate of drug-likeness (QED) is 0.870. The minimum atomic E-state index is -0.509. The summed E-state index contributed by atoms with van der Waals surface area (Å²) in [4.78, 5) is 12.3. The summed E-state index contributed by atoms with van der Waals surface area (Å²) >= 11 is 5.84. The number of ether oxygens (including phenoxy) is 1. The van der Waals surface area contributed by atoms with E-state index in [1.807, 2.05) is 38.1 Å². The minimum Gasteiger partial charge on any atom is -0.481 e. The van der Waals surface area contributed by atoms with Crippen LogP contribution in [0.3, 0.4) is 0 Å². The second-order valence-electron chi connectivity index (χ2n) is 5.11. The number of carbonyl (C=O) groups excluding carboxylic acids is 1. The molecule has 0 saturated carbocycles. The lowest BCUT2D eigenvalue weighted by Crippen LogP contribution is -2.37. The van der Waals surface area contributed by atoms with Gasteiger partial charge in [0.05, 0.1) is 0 Å². The summed E-state index contributed by atoms with van der Waals surface area (Å²) in [6.45, 7) is 4.46. The van der Waals surface area contributed by atoms with Crippen LogP contribution in [0.5, 0.6) is 5.75 Å². The second-order valence-corrected chi connectivity index (χ2v) is 5.55. The molecule has 4 heteroatoms. The standard InChI is InChI=1S/C18H20ClNO2/c1-3-17(22-16-10-8-15(19)9-11-16)18(21)20-12-14-7-5-4-6-13(14)2/h4-11,17H,3,12H2,1-2H3,(H,20,21)/t17-/m1/s1. The fourth-order valence-electron chi connectivity index (χ4n) is 2.10. The van der Waals surface area contributed by atoms with E-state index in [0.29, 0.717) is 23.7 Å². The maximum Gasteiger partial charge on any atom is 0.261 e. The first kappa shape index (κ1) is 16.4. The molecule has 0 aromatic heterocycles. The molecule has 0 aliphatic carbocycles. The van der Waals surface area contributed by atoms with Gasteiger partial charge in [-0.15, -0.1) is 0 Å². The van der Waals surface area contributed by atoms with Crippen LogP contribution in [-0.4, -0.2) is 12.0 Å². The van der Waals surface area contributed by atoms with Crippen LogP contribution in [0.25, 0.3) is 0 Å². The van der Waals surface area contributed by atoms with Crippen LogP contribution in [0.15, 0.2) is 48.5 Å². The first-order chi connectivity index (χ1) is 10.6. The Morgan fingerprint density at radius 1 is 1.18 bits per heavy atom. The number of amides is 1. The third-order valence-electron chi connectivity index (χ3n) is 3.47. The van der Waals surface area contributed by atoms with Gasteiger partial charge in [0.25, 0.3) is 5.91 Å². The highest BCUT2D eigenvalue weighted by Crippen LogP contribution is 2.17. The van der Waals surface area contributed by atoms with E-state index in [-0.39, 0.29) is 5.91 Å². The van der Waals surface area contributed by atoms with Crippen LogP contribution in [0.4, 0.5) is 0 Å². The maximum absolute atomic E-state index is 12.3.